The molecule has 4 aromatic carbocycles. The minimum atomic E-state index is -2.00. The predicted octanol–water partition coefficient (Wildman–Crippen LogP) is 9.70. The molecule has 0 amide bonds. The van der Waals surface area contributed by atoms with Gasteiger partial charge in [-0.2, -0.15) is 0 Å². The lowest BCUT2D eigenvalue weighted by molar-refractivity contribution is 0.820. The van der Waals surface area contributed by atoms with E-state index in [-0.39, 0.29) is 6.04 Å². The number of benzene rings is 4. The summed E-state index contributed by atoms with van der Waals surface area (Å²) in [6.07, 6.45) is 9.09. The Bertz CT molecular complexity index is 1730. The zero-order valence-electron chi connectivity index (χ0n) is 22.7. The number of aromatic nitrogens is 1. The molecular weight excluding hydrogens is 516 g/mol. The Morgan fingerprint density at radius 2 is 1.10 bits per heavy atom. The Morgan fingerprint density at radius 3 is 1.61 bits per heavy atom. The lowest BCUT2D eigenvalue weighted by atomic mass is 9.89. The highest BCUT2D eigenvalue weighted by atomic mass is 32.3. The maximum atomic E-state index is 5.19. The van der Waals surface area contributed by atoms with Crippen LogP contribution in [0.4, 0.5) is 0 Å². The van der Waals surface area contributed by atoms with Gasteiger partial charge in [-0.15, -0.1) is 10.0 Å². The average Bonchev–Trinajstić information content (AvgIpc) is 3.40. The van der Waals surface area contributed by atoms with Crippen molar-refractivity contribution in [2.75, 3.05) is 0 Å². The van der Waals surface area contributed by atoms with Crippen LogP contribution in [0.3, 0.4) is 0 Å². The van der Waals surface area contributed by atoms with E-state index in [0.717, 1.165) is 12.1 Å². The van der Waals surface area contributed by atoms with Crippen molar-refractivity contribution in [2.45, 2.75) is 22.3 Å². The summed E-state index contributed by atoms with van der Waals surface area (Å²) in [7, 11) is -2.00. The second kappa shape index (κ2) is 11.0. The van der Waals surface area contributed by atoms with Crippen LogP contribution in [0.15, 0.2) is 178 Å². The van der Waals surface area contributed by atoms with E-state index in [1.807, 2.05) is 18.5 Å². The third-order valence-corrected chi connectivity index (χ3v) is 11.8. The van der Waals surface area contributed by atoms with Crippen LogP contribution in [0.2, 0.25) is 0 Å². The molecule has 0 radical (unpaired) electrons. The minimum absolute atomic E-state index is 0.00876. The Hall–Kier alpha value is -4.73. The van der Waals surface area contributed by atoms with Crippen molar-refractivity contribution in [1.29, 1.82) is 0 Å². The van der Waals surface area contributed by atoms with Gasteiger partial charge >= 0.3 is 0 Å². The summed E-state index contributed by atoms with van der Waals surface area (Å²) in [6.45, 7) is 0. The van der Waals surface area contributed by atoms with Crippen LogP contribution in [0, 0.1) is 0 Å². The van der Waals surface area contributed by atoms with Gasteiger partial charge in [-0.25, -0.2) is 0 Å². The van der Waals surface area contributed by atoms with Crippen LogP contribution in [-0.2, 0) is 0 Å². The molecule has 0 aliphatic carbocycles. The van der Waals surface area contributed by atoms with E-state index in [0.29, 0.717) is 0 Å². The highest BCUT2D eigenvalue weighted by Gasteiger charge is 2.49. The maximum Gasteiger partial charge on any atom is 0.0842 e. The normalized spacial score (nSPS) is 18.5. The third kappa shape index (κ3) is 4.30. The Morgan fingerprint density at radius 1 is 0.561 bits per heavy atom. The second-order valence-electron chi connectivity index (χ2n) is 10.1. The van der Waals surface area contributed by atoms with Gasteiger partial charge in [0.1, 0.15) is 0 Å². The molecule has 3 heterocycles. The molecule has 0 saturated carbocycles. The SMILES string of the molecule is C1=CCC(C2=C(c3ccccc3)C(c3ccccc3)=C(c3ccccn3)S2(c2ccccc2)c2ccccc2)N=C1. The van der Waals surface area contributed by atoms with Gasteiger partial charge < -0.3 is 0 Å². The van der Waals surface area contributed by atoms with Gasteiger partial charge in [0.05, 0.1) is 11.7 Å². The number of hydrogen-bond donors (Lipinski definition) is 0. The number of aliphatic imine (C=N–C) groups is 1. The first-order valence-corrected chi connectivity index (χ1v) is 15.7. The number of nitrogens with zero attached hydrogens (tertiary/aromatic N) is 2. The molecule has 0 saturated heterocycles. The number of dihydropyridines is 1. The van der Waals surface area contributed by atoms with E-state index in [4.69, 9.17) is 9.98 Å². The van der Waals surface area contributed by atoms with Crippen LogP contribution in [0.5, 0.6) is 0 Å². The quantitative estimate of drug-likeness (QED) is 0.208. The van der Waals surface area contributed by atoms with Crippen molar-refractivity contribution in [3.63, 3.8) is 0 Å². The molecule has 0 N–H and O–H groups in total. The van der Waals surface area contributed by atoms with Gasteiger partial charge in [0.2, 0.25) is 0 Å². The highest BCUT2D eigenvalue weighted by Crippen LogP contribution is 2.83. The zero-order chi connectivity index (χ0) is 27.5. The Kier molecular flexibility index (Phi) is 6.80. The Balaban J connectivity index is 1.74. The van der Waals surface area contributed by atoms with Crippen molar-refractivity contribution < 1.29 is 0 Å². The summed E-state index contributed by atoms with van der Waals surface area (Å²) >= 11 is 0. The molecule has 0 bridgehead atoms. The maximum absolute atomic E-state index is 5.19. The molecule has 1 atom stereocenters. The van der Waals surface area contributed by atoms with Crippen molar-refractivity contribution >= 4 is 32.3 Å². The van der Waals surface area contributed by atoms with E-state index in [1.54, 1.807) is 0 Å². The van der Waals surface area contributed by atoms with E-state index in [2.05, 4.69) is 146 Å². The molecule has 2 aliphatic rings. The first-order chi connectivity index (χ1) is 20.4. The minimum Gasteiger partial charge on any atom is -0.284 e. The van der Waals surface area contributed by atoms with Gasteiger partial charge in [0, 0.05) is 43.2 Å². The fourth-order valence-corrected chi connectivity index (χ4v) is 10.8. The zero-order valence-corrected chi connectivity index (χ0v) is 23.5. The van der Waals surface area contributed by atoms with Crippen LogP contribution >= 0.6 is 10.0 Å². The molecule has 1 unspecified atom stereocenters. The van der Waals surface area contributed by atoms with Gasteiger partial charge in [-0.05, 0) is 60.0 Å². The van der Waals surface area contributed by atoms with Crippen LogP contribution in [0.1, 0.15) is 23.2 Å². The van der Waals surface area contributed by atoms with E-state index < -0.39 is 10.0 Å². The summed E-state index contributed by atoms with van der Waals surface area (Å²) < 4.78 is 0. The van der Waals surface area contributed by atoms with E-state index >= 15 is 0 Å². The summed E-state index contributed by atoms with van der Waals surface area (Å²) in [5.74, 6) is 0. The molecule has 41 heavy (non-hydrogen) atoms. The third-order valence-electron chi connectivity index (χ3n) is 7.73. The number of allylic oxidation sites excluding steroid dienone is 3. The van der Waals surface area contributed by atoms with Crippen molar-refractivity contribution in [3.05, 3.63) is 180 Å². The molecule has 7 rings (SSSR count). The van der Waals surface area contributed by atoms with E-state index in [1.165, 1.54) is 41.9 Å². The highest BCUT2D eigenvalue weighted by molar-refractivity contribution is 8.44. The summed E-state index contributed by atoms with van der Waals surface area (Å²) in [5, 5.41) is 0. The molecule has 0 fully saturated rings. The molecule has 198 valence electrons. The monoisotopic (exact) mass is 546 g/mol. The van der Waals surface area contributed by atoms with Gasteiger partial charge in [0.25, 0.3) is 0 Å². The number of pyridine rings is 1. The summed E-state index contributed by atoms with van der Waals surface area (Å²) in [4.78, 5) is 15.5. The van der Waals surface area contributed by atoms with Gasteiger partial charge in [-0.3, -0.25) is 9.98 Å². The van der Waals surface area contributed by atoms with Gasteiger partial charge in [0.15, 0.2) is 0 Å². The molecule has 5 aromatic rings. The summed E-state index contributed by atoms with van der Waals surface area (Å²) in [5.41, 5.74) is 5.94. The topological polar surface area (TPSA) is 25.2 Å². The molecule has 0 spiro atoms. The van der Waals surface area contributed by atoms with E-state index in [9.17, 15) is 0 Å². The van der Waals surface area contributed by atoms with Crippen LogP contribution < -0.4 is 0 Å². The largest absolute Gasteiger partial charge is 0.284 e. The van der Waals surface area contributed by atoms with Crippen molar-refractivity contribution in [2.24, 2.45) is 4.99 Å². The first kappa shape index (κ1) is 25.3. The molecular formula is C38H30N2S. The second-order valence-corrected chi connectivity index (χ2v) is 13.1. The number of hydrogen-bond acceptors (Lipinski definition) is 2. The fourth-order valence-electron chi connectivity index (χ4n) is 6.11. The lowest BCUT2D eigenvalue weighted by Crippen LogP contribution is -2.17. The van der Waals surface area contributed by atoms with Crippen molar-refractivity contribution in [3.8, 4) is 0 Å². The predicted molar refractivity (Wildman–Crippen MR) is 174 cm³/mol. The Labute approximate surface area is 243 Å². The van der Waals surface area contributed by atoms with Crippen LogP contribution in [0.25, 0.3) is 16.1 Å². The van der Waals surface area contributed by atoms with Crippen molar-refractivity contribution in [1.82, 2.24) is 4.98 Å². The smallest absolute Gasteiger partial charge is 0.0842 e. The molecule has 1 aromatic heterocycles. The molecule has 2 nitrogen and oxygen atoms in total. The average molecular weight is 547 g/mol. The first-order valence-electron chi connectivity index (χ1n) is 14.0. The lowest BCUT2D eigenvalue weighted by Gasteiger charge is -2.44. The number of rotatable bonds is 6. The molecule has 3 heteroatoms. The van der Waals surface area contributed by atoms with Crippen LogP contribution in [-0.4, -0.2) is 17.2 Å². The molecule has 2 aliphatic heterocycles. The standard InChI is InChI=1S/C38H30N2S/c1-5-17-29(18-6-1)35-36(30-19-7-2-8-20-30)38(34-26-14-16-28-40-34)41(31-21-9-3-10-22-31,32-23-11-4-12-24-32)37(35)33-25-13-15-27-39-33/h1-25,27-28,34H,26H2. The summed E-state index contributed by atoms with van der Waals surface area (Å²) in [6, 6.07) is 50.2. The van der Waals surface area contributed by atoms with Gasteiger partial charge in [-0.1, -0.05) is 109 Å². The fraction of sp³-hybridized carbons (Fsp3) is 0.0526.